The highest BCUT2D eigenvalue weighted by Gasteiger charge is 2.13. The second kappa shape index (κ2) is 6.25. The zero-order valence-corrected chi connectivity index (χ0v) is 15.5. The van der Waals surface area contributed by atoms with Crippen LogP contribution in [-0.2, 0) is 5.75 Å². The minimum atomic E-state index is -0.0864. The summed E-state index contributed by atoms with van der Waals surface area (Å²) in [6, 6.07) is 19.9. The minimum absolute atomic E-state index is 0.0864. The first kappa shape index (κ1) is 16.1. The quantitative estimate of drug-likeness (QED) is 0.479. The number of aryl methyl sites for hydroxylation is 1. The second-order valence-corrected chi connectivity index (χ2v) is 7.46. The van der Waals surface area contributed by atoms with Crippen LogP contribution in [0.2, 0.25) is 0 Å². The fourth-order valence-corrected chi connectivity index (χ4v) is 4.42. The van der Waals surface area contributed by atoms with Crippen molar-refractivity contribution >= 4 is 39.2 Å². The van der Waals surface area contributed by atoms with Gasteiger partial charge in [0.25, 0.3) is 0 Å². The average molecular weight is 372 g/mol. The van der Waals surface area contributed by atoms with Crippen LogP contribution >= 0.6 is 11.8 Å². The van der Waals surface area contributed by atoms with Gasteiger partial charge in [0.1, 0.15) is 0 Å². The van der Waals surface area contributed by atoms with E-state index in [0.717, 1.165) is 43.7 Å². The van der Waals surface area contributed by atoms with Crippen LogP contribution in [-0.4, -0.2) is 19.6 Å². The fraction of sp³-hybridized carbons (Fsp3) is 0.0952. The van der Waals surface area contributed by atoms with Crippen LogP contribution in [0.4, 0.5) is 0 Å². The molecule has 6 heteroatoms. The van der Waals surface area contributed by atoms with Crippen molar-refractivity contribution in [2.75, 3.05) is 0 Å². The Hall–Kier alpha value is -3.12. The van der Waals surface area contributed by atoms with Gasteiger partial charge in [-0.1, -0.05) is 48.2 Å². The molecule has 0 radical (unpaired) electrons. The molecule has 0 spiro atoms. The van der Waals surface area contributed by atoms with E-state index in [1.54, 1.807) is 17.8 Å². The SMILES string of the molecule is Cc1cc2ccccc2n2c(SCc3cc(=O)[nH]c4ccccc34)nnc12. The van der Waals surface area contributed by atoms with E-state index in [-0.39, 0.29) is 5.56 Å². The molecule has 132 valence electrons. The maximum absolute atomic E-state index is 12.0. The highest BCUT2D eigenvalue weighted by Crippen LogP contribution is 2.28. The van der Waals surface area contributed by atoms with Gasteiger partial charge in [0.05, 0.1) is 5.52 Å². The summed E-state index contributed by atoms with van der Waals surface area (Å²) in [5, 5.41) is 11.8. The smallest absolute Gasteiger partial charge is 0.248 e. The summed E-state index contributed by atoms with van der Waals surface area (Å²) in [6.45, 7) is 2.05. The number of thioether (sulfide) groups is 1. The van der Waals surface area contributed by atoms with E-state index < -0.39 is 0 Å². The zero-order chi connectivity index (χ0) is 18.4. The number of H-pyrrole nitrogens is 1. The first-order valence-electron chi connectivity index (χ1n) is 8.68. The number of fused-ring (bicyclic) bond motifs is 4. The average Bonchev–Trinajstić information content (AvgIpc) is 3.11. The van der Waals surface area contributed by atoms with Gasteiger partial charge in [-0.3, -0.25) is 9.20 Å². The molecule has 3 aromatic heterocycles. The Morgan fingerprint density at radius 3 is 2.78 bits per heavy atom. The third-order valence-corrected chi connectivity index (χ3v) is 5.71. The first-order chi connectivity index (χ1) is 13.2. The summed E-state index contributed by atoms with van der Waals surface area (Å²) in [5.41, 5.74) is 4.81. The van der Waals surface area contributed by atoms with Gasteiger partial charge in [-0.2, -0.15) is 0 Å². The van der Waals surface area contributed by atoms with Crippen LogP contribution in [0.15, 0.2) is 70.6 Å². The summed E-state index contributed by atoms with van der Waals surface area (Å²) in [4.78, 5) is 14.9. The second-order valence-electron chi connectivity index (χ2n) is 6.52. The molecule has 0 aliphatic rings. The molecule has 1 N–H and O–H groups in total. The van der Waals surface area contributed by atoms with E-state index in [1.807, 2.05) is 36.4 Å². The molecule has 5 nitrogen and oxygen atoms in total. The van der Waals surface area contributed by atoms with E-state index in [9.17, 15) is 4.79 Å². The molecular formula is C21H16N4OS. The lowest BCUT2D eigenvalue weighted by molar-refractivity contribution is 0.940. The molecule has 0 saturated heterocycles. The largest absolute Gasteiger partial charge is 0.322 e. The number of aromatic amines is 1. The number of nitrogens with zero attached hydrogens (tertiary/aromatic N) is 3. The van der Waals surface area contributed by atoms with Crippen LogP contribution < -0.4 is 5.56 Å². The number of para-hydroxylation sites is 2. The molecule has 2 aromatic carbocycles. The van der Waals surface area contributed by atoms with E-state index in [4.69, 9.17) is 0 Å². The summed E-state index contributed by atoms with van der Waals surface area (Å²) < 4.78 is 2.10. The Bertz CT molecular complexity index is 1370. The van der Waals surface area contributed by atoms with Crippen LogP contribution in [0, 0.1) is 6.92 Å². The minimum Gasteiger partial charge on any atom is -0.322 e. The lowest BCUT2D eigenvalue weighted by atomic mass is 10.1. The van der Waals surface area contributed by atoms with Crippen molar-refractivity contribution < 1.29 is 0 Å². The summed E-state index contributed by atoms with van der Waals surface area (Å²) in [5.74, 6) is 0.646. The number of aromatic nitrogens is 4. The van der Waals surface area contributed by atoms with E-state index in [1.165, 1.54) is 0 Å². The van der Waals surface area contributed by atoms with Crippen molar-refractivity contribution in [2.45, 2.75) is 17.8 Å². The van der Waals surface area contributed by atoms with Gasteiger partial charge in [-0.25, -0.2) is 0 Å². The topological polar surface area (TPSA) is 63.0 Å². The van der Waals surface area contributed by atoms with Crippen molar-refractivity contribution in [2.24, 2.45) is 0 Å². The maximum atomic E-state index is 12.0. The normalized spacial score (nSPS) is 11.6. The summed E-state index contributed by atoms with van der Waals surface area (Å²) in [7, 11) is 0. The molecule has 0 unspecified atom stereocenters. The van der Waals surface area contributed by atoms with Crippen LogP contribution in [0.1, 0.15) is 11.1 Å². The third-order valence-electron chi connectivity index (χ3n) is 4.73. The Morgan fingerprint density at radius 2 is 1.85 bits per heavy atom. The lowest BCUT2D eigenvalue weighted by Crippen LogP contribution is -2.06. The van der Waals surface area contributed by atoms with Gasteiger partial charge in [-0.15, -0.1) is 10.2 Å². The predicted octanol–water partition coefficient (Wildman–Crippen LogP) is 4.32. The molecule has 0 bridgehead atoms. The molecule has 5 rings (SSSR count). The molecular weight excluding hydrogens is 356 g/mol. The van der Waals surface area contributed by atoms with Crippen molar-refractivity contribution in [3.8, 4) is 0 Å². The van der Waals surface area contributed by atoms with Gasteiger partial charge in [0.2, 0.25) is 5.56 Å². The zero-order valence-electron chi connectivity index (χ0n) is 14.6. The Labute approximate surface area is 159 Å². The summed E-state index contributed by atoms with van der Waals surface area (Å²) in [6.07, 6.45) is 0. The Balaban J connectivity index is 1.62. The van der Waals surface area contributed by atoms with Crippen molar-refractivity contribution in [1.29, 1.82) is 0 Å². The van der Waals surface area contributed by atoms with Gasteiger partial charge >= 0.3 is 0 Å². The van der Waals surface area contributed by atoms with Gasteiger partial charge in [-0.05, 0) is 41.6 Å². The molecule has 27 heavy (non-hydrogen) atoms. The van der Waals surface area contributed by atoms with Crippen LogP contribution in [0.5, 0.6) is 0 Å². The Morgan fingerprint density at radius 1 is 1.04 bits per heavy atom. The number of hydrogen-bond acceptors (Lipinski definition) is 4. The lowest BCUT2D eigenvalue weighted by Gasteiger charge is -2.08. The molecule has 0 aliphatic heterocycles. The van der Waals surface area contributed by atoms with E-state index in [0.29, 0.717) is 5.75 Å². The number of hydrogen-bond donors (Lipinski definition) is 1. The van der Waals surface area contributed by atoms with Crippen molar-refractivity contribution in [1.82, 2.24) is 19.6 Å². The van der Waals surface area contributed by atoms with Gasteiger partial charge < -0.3 is 4.98 Å². The number of rotatable bonds is 3. The van der Waals surface area contributed by atoms with Gasteiger partial charge in [0.15, 0.2) is 10.8 Å². The monoisotopic (exact) mass is 372 g/mol. The van der Waals surface area contributed by atoms with E-state index in [2.05, 4.69) is 44.7 Å². The van der Waals surface area contributed by atoms with E-state index >= 15 is 0 Å². The fourth-order valence-electron chi connectivity index (χ4n) is 3.49. The standard InChI is InChI=1S/C21H16N4OS/c1-13-10-14-6-2-5-9-18(14)25-20(13)23-24-21(25)27-12-15-11-19(26)22-17-8-4-3-7-16(15)17/h2-11H,12H2,1H3,(H,22,26). The number of benzene rings is 2. The highest BCUT2D eigenvalue weighted by atomic mass is 32.2. The Kier molecular flexibility index (Phi) is 3.72. The predicted molar refractivity (Wildman–Crippen MR) is 109 cm³/mol. The van der Waals surface area contributed by atoms with Crippen LogP contribution in [0.25, 0.3) is 27.5 Å². The molecule has 0 atom stereocenters. The number of pyridine rings is 2. The molecule has 5 aromatic rings. The highest BCUT2D eigenvalue weighted by molar-refractivity contribution is 7.98. The first-order valence-corrected chi connectivity index (χ1v) is 9.66. The van der Waals surface area contributed by atoms with Crippen molar-refractivity contribution in [3.05, 3.63) is 82.1 Å². The molecule has 0 saturated carbocycles. The van der Waals surface area contributed by atoms with Gasteiger partial charge in [0, 0.05) is 22.7 Å². The summed E-state index contributed by atoms with van der Waals surface area (Å²) >= 11 is 1.59. The van der Waals surface area contributed by atoms with Crippen LogP contribution in [0.3, 0.4) is 0 Å². The molecule has 0 fully saturated rings. The third kappa shape index (κ3) is 2.69. The molecule has 0 aliphatic carbocycles. The maximum Gasteiger partial charge on any atom is 0.248 e. The van der Waals surface area contributed by atoms with Crippen molar-refractivity contribution in [3.63, 3.8) is 0 Å². The molecule has 0 amide bonds. The number of nitrogens with one attached hydrogen (secondary N) is 1. The molecule has 3 heterocycles.